The van der Waals surface area contributed by atoms with Gasteiger partial charge in [0.25, 0.3) is 0 Å². The number of para-hydroxylation sites is 1. The van der Waals surface area contributed by atoms with Crippen molar-refractivity contribution < 1.29 is 4.79 Å². The van der Waals surface area contributed by atoms with E-state index in [9.17, 15) is 4.79 Å². The molecule has 0 radical (unpaired) electrons. The molecule has 0 saturated carbocycles. The smallest absolute Gasteiger partial charge is 0.244 e. The average Bonchev–Trinajstić information content (AvgIpc) is 2.74. The Morgan fingerprint density at radius 1 is 1.44 bits per heavy atom. The molecule has 0 saturated heterocycles. The van der Waals surface area contributed by atoms with Gasteiger partial charge in [-0.05, 0) is 18.6 Å². The van der Waals surface area contributed by atoms with Gasteiger partial charge in [0.05, 0.1) is 6.20 Å². The highest BCUT2D eigenvalue weighted by molar-refractivity contribution is 5.84. The van der Waals surface area contributed by atoms with Gasteiger partial charge in [0.2, 0.25) is 5.91 Å². The van der Waals surface area contributed by atoms with Crippen LogP contribution in [0, 0.1) is 6.92 Å². The Hall–Kier alpha value is -2.30. The number of anilines is 1. The number of primary amides is 1. The fourth-order valence-corrected chi connectivity index (χ4v) is 1.80. The number of hydrogen-bond acceptors (Lipinski definition) is 3. The van der Waals surface area contributed by atoms with Crippen LogP contribution in [0.3, 0.4) is 0 Å². The number of hydrogen-bond donors (Lipinski definition) is 2. The maximum atomic E-state index is 11.5. The Balaban J connectivity index is 2.28. The van der Waals surface area contributed by atoms with Gasteiger partial charge in [-0.2, -0.15) is 5.10 Å². The Bertz CT molecular complexity index is 562. The number of carbonyl (C=O) groups is 1. The monoisotopic (exact) mass is 244 g/mol. The van der Waals surface area contributed by atoms with Crippen LogP contribution in [0.4, 0.5) is 5.69 Å². The van der Waals surface area contributed by atoms with Gasteiger partial charge in [0, 0.05) is 24.5 Å². The molecule has 0 aliphatic rings. The minimum atomic E-state index is -0.570. The number of benzene rings is 1. The number of aryl methyl sites for hydroxylation is 2. The largest absolute Gasteiger partial charge is 0.370 e. The van der Waals surface area contributed by atoms with E-state index in [1.165, 1.54) is 0 Å². The summed E-state index contributed by atoms with van der Waals surface area (Å²) in [5.74, 6) is -0.425. The lowest BCUT2D eigenvalue weighted by Crippen LogP contribution is -2.27. The molecular weight excluding hydrogens is 228 g/mol. The average molecular weight is 244 g/mol. The normalized spacial score (nSPS) is 12.1. The number of rotatable bonds is 4. The number of amides is 1. The quantitative estimate of drug-likeness (QED) is 0.853. The van der Waals surface area contributed by atoms with Crippen molar-refractivity contribution in [3.05, 3.63) is 47.8 Å². The second-order valence-electron chi connectivity index (χ2n) is 4.24. The second kappa shape index (κ2) is 4.91. The first-order chi connectivity index (χ1) is 8.58. The third-order valence-electron chi connectivity index (χ3n) is 2.79. The fourth-order valence-electron chi connectivity index (χ4n) is 1.80. The zero-order chi connectivity index (χ0) is 13.1. The highest BCUT2D eigenvalue weighted by Crippen LogP contribution is 2.21. The maximum absolute atomic E-state index is 11.5. The molecule has 1 heterocycles. The van der Waals surface area contributed by atoms with E-state index < -0.39 is 11.9 Å². The van der Waals surface area contributed by atoms with E-state index in [1.807, 2.05) is 31.2 Å². The van der Waals surface area contributed by atoms with E-state index in [1.54, 1.807) is 24.1 Å². The van der Waals surface area contributed by atoms with Crippen LogP contribution in [0.1, 0.15) is 17.2 Å². The number of aromatic nitrogens is 2. The molecule has 3 N–H and O–H groups in total. The van der Waals surface area contributed by atoms with Crippen LogP contribution in [0.2, 0.25) is 0 Å². The topological polar surface area (TPSA) is 72.9 Å². The first kappa shape index (κ1) is 12.2. The molecule has 1 amide bonds. The Labute approximate surface area is 106 Å². The van der Waals surface area contributed by atoms with Gasteiger partial charge in [-0.25, -0.2) is 0 Å². The molecule has 0 aliphatic carbocycles. The summed E-state index contributed by atoms with van der Waals surface area (Å²) in [7, 11) is 1.80. The summed E-state index contributed by atoms with van der Waals surface area (Å²) < 4.78 is 1.64. The third kappa shape index (κ3) is 2.51. The minimum Gasteiger partial charge on any atom is -0.370 e. The van der Waals surface area contributed by atoms with E-state index in [-0.39, 0.29) is 0 Å². The van der Waals surface area contributed by atoms with Gasteiger partial charge in [0.1, 0.15) is 6.04 Å². The van der Waals surface area contributed by atoms with Crippen molar-refractivity contribution in [3.63, 3.8) is 0 Å². The van der Waals surface area contributed by atoms with E-state index in [0.717, 1.165) is 16.8 Å². The van der Waals surface area contributed by atoms with Gasteiger partial charge >= 0.3 is 0 Å². The van der Waals surface area contributed by atoms with Crippen molar-refractivity contribution in [2.24, 2.45) is 12.8 Å². The highest BCUT2D eigenvalue weighted by atomic mass is 16.1. The van der Waals surface area contributed by atoms with Crippen LogP contribution in [0.15, 0.2) is 36.7 Å². The molecule has 94 valence electrons. The lowest BCUT2D eigenvalue weighted by Gasteiger charge is -2.16. The van der Waals surface area contributed by atoms with Crippen molar-refractivity contribution in [3.8, 4) is 0 Å². The Morgan fingerprint density at radius 3 is 2.72 bits per heavy atom. The van der Waals surface area contributed by atoms with Crippen molar-refractivity contribution in [1.82, 2.24) is 9.78 Å². The molecule has 1 aromatic carbocycles. The molecular formula is C13H16N4O. The lowest BCUT2D eigenvalue weighted by molar-refractivity contribution is -0.118. The fraction of sp³-hybridized carbons (Fsp3) is 0.231. The molecule has 2 aromatic rings. The molecule has 18 heavy (non-hydrogen) atoms. The number of carbonyl (C=O) groups excluding carboxylic acids is 1. The van der Waals surface area contributed by atoms with Crippen molar-refractivity contribution in [1.29, 1.82) is 0 Å². The predicted molar refractivity (Wildman–Crippen MR) is 69.9 cm³/mol. The SMILES string of the molecule is Cc1ccccc1NC(C(N)=O)c1cnn(C)c1. The Morgan fingerprint density at radius 2 is 2.17 bits per heavy atom. The number of nitrogens with two attached hydrogens (primary N) is 1. The zero-order valence-corrected chi connectivity index (χ0v) is 10.4. The first-order valence-electron chi connectivity index (χ1n) is 5.68. The van der Waals surface area contributed by atoms with Gasteiger partial charge in [-0.15, -0.1) is 0 Å². The van der Waals surface area contributed by atoms with Crippen molar-refractivity contribution >= 4 is 11.6 Å². The second-order valence-corrected chi connectivity index (χ2v) is 4.24. The molecule has 0 bridgehead atoms. The third-order valence-corrected chi connectivity index (χ3v) is 2.79. The summed E-state index contributed by atoms with van der Waals surface area (Å²) in [6.45, 7) is 1.98. The standard InChI is InChI=1S/C13H16N4O/c1-9-5-3-4-6-11(9)16-12(13(14)18)10-7-15-17(2)8-10/h3-8,12,16H,1-2H3,(H2,14,18). The van der Waals surface area contributed by atoms with E-state index >= 15 is 0 Å². The van der Waals surface area contributed by atoms with Gasteiger partial charge in [-0.3, -0.25) is 9.48 Å². The summed E-state index contributed by atoms with van der Waals surface area (Å²) in [5, 5.41) is 7.20. The van der Waals surface area contributed by atoms with Gasteiger partial charge < -0.3 is 11.1 Å². The van der Waals surface area contributed by atoms with Crippen molar-refractivity contribution in [2.45, 2.75) is 13.0 Å². The summed E-state index contributed by atoms with van der Waals surface area (Å²) in [5.41, 5.74) is 8.15. The van der Waals surface area contributed by atoms with Crippen LogP contribution >= 0.6 is 0 Å². The maximum Gasteiger partial charge on any atom is 0.244 e. The summed E-state index contributed by atoms with van der Waals surface area (Å²) in [6.07, 6.45) is 3.42. The van der Waals surface area contributed by atoms with E-state index in [0.29, 0.717) is 0 Å². The van der Waals surface area contributed by atoms with Gasteiger partial charge in [0.15, 0.2) is 0 Å². The molecule has 1 aromatic heterocycles. The first-order valence-corrected chi connectivity index (χ1v) is 5.68. The van der Waals surface area contributed by atoms with Crippen LogP contribution < -0.4 is 11.1 Å². The predicted octanol–water partition coefficient (Wildman–Crippen LogP) is 1.37. The Kier molecular flexibility index (Phi) is 3.32. The van der Waals surface area contributed by atoms with E-state index in [4.69, 9.17) is 5.73 Å². The summed E-state index contributed by atoms with van der Waals surface area (Å²) in [4.78, 5) is 11.5. The van der Waals surface area contributed by atoms with Crippen LogP contribution in [-0.2, 0) is 11.8 Å². The van der Waals surface area contributed by atoms with Gasteiger partial charge in [-0.1, -0.05) is 18.2 Å². The molecule has 0 fully saturated rings. The molecule has 2 rings (SSSR count). The van der Waals surface area contributed by atoms with Crippen molar-refractivity contribution in [2.75, 3.05) is 5.32 Å². The number of nitrogens with one attached hydrogen (secondary N) is 1. The molecule has 0 spiro atoms. The van der Waals surface area contributed by atoms with Crippen LogP contribution in [0.5, 0.6) is 0 Å². The molecule has 1 atom stereocenters. The van der Waals surface area contributed by atoms with Crippen LogP contribution in [0.25, 0.3) is 0 Å². The molecule has 1 unspecified atom stereocenters. The molecule has 0 aliphatic heterocycles. The number of nitrogens with zero attached hydrogens (tertiary/aromatic N) is 2. The van der Waals surface area contributed by atoms with Crippen LogP contribution in [-0.4, -0.2) is 15.7 Å². The molecule has 5 heteroatoms. The lowest BCUT2D eigenvalue weighted by atomic mass is 10.1. The van der Waals surface area contributed by atoms with E-state index in [2.05, 4.69) is 10.4 Å². The molecule has 5 nitrogen and oxygen atoms in total. The minimum absolute atomic E-state index is 0.425. The summed E-state index contributed by atoms with van der Waals surface area (Å²) >= 11 is 0. The zero-order valence-electron chi connectivity index (χ0n) is 10.4. The highest BCUT2D eigenvalue weighted by Gasteiger charge is 2.19. The summed E-state index contributed by atoms with van der Waals surface area (Å²) in [6, 6.07) is 7.19.